The number of nitrogens with zero attached hydrogens (tertiary/aromatic N) is 3. The molecule has 5 rings (SSSR count). The monoisotopic (exact) mass is 553 g/mol. The summed E-state index contributed by atoms with van der Waals surface area (Å²) in [4.78, 5) is 28.0. The highest BCUT2D eigenvalue weighted by Crippen LogP contribution is 2.45. The lowest BCUT2D eigenvalue weighted by atomic mass is 9.95. The third-order valence-corrected chi connectivity index (χ3v) is 7.93. The fourth-order valence-electron chi connectivity index (χ4n) is 4.00. The summed E-state index contributed by atoms with van der Waals surface area (Å²) in [5.41, 5.74) is 1.21. The highest BCUT2D eigenvalue weighted by molar-refractivity contribution is 8.00. The molecule has 1 unspecified atom stereocenters. The van der Waals surface area contributed by atoms with Crippen molar-refractivity contribution in [2.45, 2.75) is 16.1 Å². The summed E-state index contributed by atoms with van der Waals surface area (Å²) >= 11 is 2.49. The number of ether oxygens (including phenoxy) is 2. The zero-order valence-electron chi connectivity index (χ0n) is 20.1. The van der Waals surface area contributed by atoms with Crippen LogP contribution in [0.1, 0.15) is 27.7 Å². The van der Waals surface area contributed by atoms with Crippen LogP contribution in [0.2, 0.25) is 0 Å². The number of hydrogen-bond acceptors (Lipinski definition) is 10. The van der Waals surface area contributed by atoms with Crippen molar-refractivity contribution >= 4 is 39.9 Å². The number of aromatic nitrogens is 2. The molecule has 9 nitrogen and oxygen atoms in total. The van der Waals surface area contributed by atoms with E-state index in [4.69, 9.17) is 13.9 Å². The van der Waals surface area contributed by atoms with Crippen LogP contribution < -0.4 is 14.4 Å². The lowest BCUT2D eigenvalue weighted by Gasteiger charge is -2.24. The number of hydrogen-bond donors (Lipinski definition) is 1. The molecule has 1 aliphatic rings. The van der Waals surface area contributed by atoms with Crippen molar-refractivity contribution in [3.05, 3.63) is 94.9 Å². The quantitative estimate of drug-likeness (QED) is 0.166. The van der Waals surface area contributed by atoms with Gasteiger partial charge in [0.25, 0.3) is 5.91 Å². The second-order valence-corrected chi connectivity index (χ2v) is 10.2. The van der Waals surface area contributed by atoms with Gasteiger partial charge in [-0.1, -0.05) is 41.3 Å². The Kier molecular flexibility index (Phi) is 7.16. The molecule has 0 saturated carbocycles. The number of anilines is 1. The fourth-order valence-corrected chi connectivity index (χ4v) is 5.82. The average Bonchev–Trinajstić information content (AvgIpc) is 3.68. The summed E-state index contributed by atoms with van der Waals surface area (Å²) in [6, 6.07) is 13.0. The smallest absolute Gasteiger partial charge is 0.296 e. The van der Waals surface area contributed by atoms with Crippen LogP contribution in [0.4, 0.5) is 9.52 Å². The lowest BCUT2D eigenvalue weighted by Crippen LogP contribution is -2.31. The van der Waals surface area contributed by atoms with Gasteiger partial charge in [0.1, 0.15) is 5.82 Å². The van der Waals surface area contributed by atoms with Crippen molar-refractivity contribution in [1.29, 1.82) is 0 Å². The van der Waals surface area contributed by atoms with Crippen LogP contribution in [0.15, 0.2) is 80.9 Å². The van der Waals surface area contributed by atoms with Crippen LogP contribution in [0.25, 0.3) is 0 Å². The van der Waals surface area contributed by atoms with Gasteiger partial charge in [0, 0.05) is 5.75 Å². The minimum absolute atomic E-state index is 0.0283. The molecule has 4 aromatic rings. The topological polar surface area (TPSA) is 115 Å². The van der Waals surface area contributed by atoms with E-state index in [1.807, 2.05) is 0 Å². The highest BCUT2D eigenvalue weighted by atomic mass is 32.2. The van der Waals surface area contributed by atoms with Gasteiger partial charge in [0.2, 0.25) is 10.9 Å². The number of benzene rings is 2. The van der Waals surface area contributed by atoms with Gasteiger partial charge in [0.15, 0.2) is 27.4 Å². The number of halogens is 1. The number of methoxy groups -OCH3 is 2. The number of thioether (sulfide) groups is 1. The van der Waals surface area contributed by atoms with Crippen molar-refractivity contribution in [3.8, 4) is 11.5 Å². The molecule has 3 heterocycles. The van der Waals surface area contributed by atoms with Crippen molar-refractivity contribution in [2.75, 3.05) is 19.1 Å². The Balaban J connectivity index is 1.52. The molecule has 1 N–H and O–H groups in total. The molecule has 0 radical (unpaired) electrons. The van der Waals surface area contributed by atoms with Gasteiger partial charge in [0.05, 0.1) is 32.1 Å². The van der Waals surface area contributed by atoms with Crippen LogP contribution >= 0.6 is 23.1 Å². The molecular weight excluding hydrogens is 533 g/mol. The Labute approximate surface area is 224 Å². The predicted molar refractivity (Wildman–Crippen MR) is 138 cm³/mol. The zero-order valence-corrected chi connectivity index (χ0v) is 21.7. The van der Waals surface area contributed by atoms with Gasteiger partial charge < -0.3 is 19.0 Å². The molecule has 0 fully saturated rings. The summed E-state index contributed by atoms with van der Waals surface area (Å²) in [5.74, 6) is -1.16. The van der Waals surface area contributed by atoms with Crippen LogP contribution in [-0.4, -0.2) is 41.2 Å². The van der Waals surface area contributed by atoms with Crippen LogP contribution in [0.5, 0.6) is 11.5 Å². The number of aliphatic hydroxyl groups excluding tert-OH is 1. The van der Waals surface area contributed by atoms with E-state index in [1.54, 1.807) is 36.4 Å². The first-order valence-electron chi connectivity index (χ1n) is 11.2. The number of ketones is 1. The summed E-state index contributed by atoms with van der Waals surface area (Å²) < 4.78 is 29.8. The van der Waals surface area contributed by atoms with E-state index in [1.165, 1.54) is 55.3 Å². The van der Waals surface area contributed by atoms with Gasteiger partial charge >= 0.3 is 0 Å². The Morgan fingerprint density at radius 2 is 1.89 bits per heavy atom. The number of aliphatic hydroxyl groups is 1. The molecule has 0 spiro atoms. The van der Waals surface area contributed by atoms with Crippen molar-refractivity contribution in [2.24, 2.45) is 0 Å². The molecule has 2 aromatic carbocycles. The summed E-state index contributed by atoms with van der Waals surface area (Å²) in [6.07, 6.45) is 1.33. The maximum atomic E-state index is 13.4. The normalized spacial score (nSPS) is 15.3. The number of carbonyl (C=O) groups excluding carboxylic acids is 2. The molecule has 12 heteroatoms. The Morgan fingerprint density at radius 3 is 2.58 bits per heavy atom. The molecule has 0 bridgehead atoms. The largest absolute Gasteiger partial charge is 0.503 e. The summed E-state index contributed by atoms with van der Waals surface area (Å²) in [7, 11) is 2.96. The average molecular weight is 554 g/mol. The number of carbonyl (C=O) groups is 2. The standard InChI is InChI=1S/C26H20FN3O6S2/c1-34-17-10-7-15(12-19(17)35-2)21-20(22(31)18-4-3-11-36-18)23(32)24(33)30(21)25-28-29-26(38-25)37-13-14-5-8-16(27)9-6-14/h3-12,21,32H,13H2,1-2H3. The molecule has 38 heavy (non-hydrogen) atoms. The molecule has 0 aliphatic carbocycles. The van der Waals surface area contributed by atoms with Crippen LogP contribution in [-0.2, 0) is 10.5 Å². The van der Waals surface area contributed by atoms with Crippen molar-refractivity contribution < 1.29 is 33.0 Å². The van der Waals surface area contributed by atoms with E-state index in [0.29, 0.717) is 27.2 Å². The Morgan fingerprint density at radius 1 is 1.13 bits per heavy atom. The summed E-state index contributed by atoms with van der Waals surface area (Å²) in [6.45, 7) is 0. The van der Waals surface area contributed by atoms with E-state index in [0.717, 1.165) is 16.9 Å². The lowest BCUT2D eigenvalue weighted by molar-refractivity contribution is -0.117. The highest BCUT2D eigenvalue weighted by Gasteiger charge is 2.47. The molecule has 1 amide bonds. The number of Topliss-reactive ketones (excluding diaryl/α,β-unsaturated/α-hetero) is 1. The summed E-state index contributed by atoms with van der Waals surface area (Å²) in [5, 5.41) is 19.4. The fraction of sp³-hybridized carbons (Fsp3) is 0.154. The van der Waals surface area contributed by atoms with E-state index >= 15 is 0 Å². The minimum Gasteiger partial charge on any atom is -0.503 e. The first-order chi connectivity index (χ1) is 18.4. The van der Waals surface area contributed by atoms with Gasteiger partial charge in [-0.05, 0) is 47.5 Å². The van der Waals surface area contributed by atoms with Gasteiger partial charge in [-0.3, -0.25) is 14.5 Å². The number of amides is 1. The molecule has 2 aromatic heterocycles. The molecule has 1 atom stereocenters. The molecular formula is C26H20FN3O6S2. The molecule has 194 valence electrons. The van der Waals surface area contributed by atoms with Gasteiger partial charge in [-0.2, -0.15) is 0 Å². The first-order valence-corrected chi connectivity index (χ1v) is 13.0. The Bertz CT molecular complexity index is 1520. The van der Waals surface area contributed by atoms with E-state index in [-0.39, 0.29) is 22.3 Å². The predicted octanol–water partition coefficient (Wildman–Crippen LogP) is 5.36. The molecule has 1 aliphatic heterocycles. The van der Waals surface area contributed by atoms with E-state index < -0.39 is 23.5 Å². The van der Waals surface area contributed by atoms with Gasteiger partial charge in [-0.25, -0.2) is 4.39 Å². The van der Waals surface area contributed by atoms with E-state index in [9.17, 15) is 19.1 Å². The van der Waals surface area contributed by atoms with Crippen molar-refractivity contribution in [3.63, 3.8) is 0 Å². The maximum absolute atomic E-state index is 13.4. The minimum atomic E-state index is -1.04. The SMILES string of the molecule is COc1ccc(C2C(C(=O)c3ccco3)=C(O)C(=O)N2c2nnc(SCc3ccc(F)cc3)s2)cc1OC. The molecule has 0 saturated heterocycles. The second kappa shape index (κ2) is 10.7. The zero-order chi connectivity index (χ0) is 26.8. The third kappa shape index (κ3) is 4.75. The van der Waals surface area contributed by atoms with Gasteiger partial charge in [-0.15, -0.1) is 10.2 Å². The number of rotatable bonds is 9. The van der Waals surface area contributed by atoms with Crippen LogP contribution in [0, 0.1) is 5.82 Å². The first kappa shape index (κ1) is 25.5. The van der Waals surface area contributed by atoms with Crippen molar-refractivity contribution in [1.82, 2.24) is 10.2 Å². The second-order valence-electron chi connectivity index (χ2n) is 8.03. The number of furan rings is 1. The van der Waals surface area contributed by atoms with Crippen LogP contribution in [0.3, 0.4) is 0 Å². The van der Waals surface area contributed by atoms with E-state index in [2.05, 4.69) is 10.2 Å². The maximum Gasteiger partial charge on any atom is 0.296 e. The third-order valence-electron chi connectivity index (χ3n) is 5.80. The Hall–Kier alpha value is -4.16.